The molecular formula is C34H41N3O5. The van der Waals surface area contributed by atoms with Gasteiger partial charge < -0.3 is 24.2 Å². The number of ether oxygens (including phenoxy) is 1. The number of likely N-dealkylation sites (tertiary alicyclic amines) is 1. The third-order valence-electron chi connectivity index (χ3n) is 9.67. The van der Waals surface area contributed by atoms with Crippen LogP contribution < -0.4 is 9.64 Å². The Balaban J connectivity index is 1.40. The van der Waals surface area contributed by atoms with Crippen LogP contribution in [0.1, 0.15) is 87.1 Å². The first-order valence-electron chi connectivity index (χ1n) is 15.5. The lowest BCUT2D eigenvalue weighted by molar-refractivity contribution is -0.130. The number of carboxylic acids is 1. The van der Waals surface area contributed by atoms with Gasteiger partial charge in [-0.25, -0.2) is 4.79 Å². The van der Waals surface area contributed by atoms with Crippen molar-refractivity contribution in [3.8, 4) is 17.0 Å². The third kappa shape index (κ3) is 5.27. The minimum atomic E-state index is -0.928. The molecule has 1 aromatic heterocycles. The number of hydrogen-bond acceptors (Lipinski definition) is 4. The lowest BCUT2D eigenvalue weighted by atomic mass is 9.81. The van der Waals surface area contributed by atoms with Crippen LogP contribution in [0.25, 0.3) is 22.2 Å². The smallest absolute Gasteiger partial charge is 0.335 e. The maximum atomic E-state index is 13.1. The minimum Gasteiger partial charge on any atom is -0.489 e. The van der Waals surface area contributed by atoms with E-state index in [4.69, 9.17) is 4.74 Å². The fraction of sp³-hybridized carbons (Fsp3) is 0.500. The SMILES string of the molecule is CC(=O)N1CCC(CCN(C(C)=O)c2cccc3c2OCCn2c-3c(C3CCCCC3)c3ccc(C(=O)O)cc32)CC1. The van der Waals surface area contributed by atoms with E-state index in [0.717, 1.165) is 78.8 Å². The molecule has 42 heavy (non-hydrogen) atoms. The number of nitrogens with zero attached hydrogens (tertiary/aromatic N) is 3. The first kappa shape index (κ1) is 28.3. The van der Waals surface area contributed by atoms with Crippen LogP contribution >= 0.6 is 0 Å². The van der Waals surface area contributed by atoms with Gasteiger partial charge in [-0.05, 0) is 73.8 Å². The number of aromatic nitrogens is 1. The molecule has 0 atom stereocenters. The van der Waals surface area contributed by atoms with Gasteiger partial charge in [0.25, 0.3) is 0 Å². The summed E-state index contributed by atoms with van der Waals surface area (Å²) < 4.78 is 8.73. The zero-order chi connectivity index (χ0) is 29.4. The van der Waals surface area contributed by atoms with Gasteiger partial charge >= 0.3 is 5.97 Å². The Morgan fingerprint density at radius 2 is 1.74 bits per heavy atom. The van der Waals surface area contributed by atoms with Crippen molar-refractivity contribution in [2.75, 3.05) is 31.1 Å². The highest BCUT2D eigenvalue weighted by molar-refractivity contribution is 6.00. The second kappa shape index (κ2) is 11.8. The highest BCUT2D eigenvalue weighted by atomic mass is 16.5. The maximum absolute atomic E-state index is 13.1. The van der Waals surface area contributed by atoms with E-state index in [1.165, 1.54) is 24.8 Å². The Morgan fingerprint density at radius 1 is 0.976 bits per heavy atom. The number of fused-ring (bicyclic) bond motifs is 5. The summed E-state index contributed by atoms with van der Waals surface area (Å²) in [5.74, 6) is 0.783. The lowest BCUT2D eigenvalue weighted by Crippen LogP contribution is -2.38. The summed E-state index contributed by atoms with van der Waals surface area (Å²) >= 11 is 0. The second-order valence-corrected chi connectivity index (χ2v) is 12.2. The number of carboxylic acid groups (broad SMARTS) is 1. The number of carbonyl (C=O) groups is 3. The first-order valence-corrected chi connectivity index (χ1v) is 15.5. The predicted octanol–water partition coefficient (Wildman–Crippen LogP) is 6.45. The van der Waals surface area contributed by atoms with Crippen LogP contribution in [0.15, 0.2) is 36.4 Å². The van der Waals surface area contributed by atoms with Crippen molar-refractivity contribution >= 4 is 34.4 Å². The molecule has 0 spiro atoms. The van der Waals surface area contributed by atoms with Gasteiger partial charge in [-0.2, -0.15) is 0 Å². The fourth-order valence-electron chi connectivity index (χ4n) is 7.45. The molecule has 0 unspecified atom stereocenters. The van der Waals surface area contributed by atoms with Gasteiger partial charge in [0.15, 0.2) is 5.75 Å². The van der Waals surface area contributed by atoms with Gasteiger partial charge in [-0.3, -0.25) is 9.59 Å². The van der Waals surface area contributed by atoms with Crippen molar-refractivity contribution in [2.24, 2.45) is 5.92 Å². The standard InChI is InChI=1S/C34H41N3O5/c1-22(38)35-16-13-24(14-17-35)15-18-36(23(2)39)29-10-6-9-28-32-31(25-7-4-3-5-8-25)27-12-11-26(34(40)41)21-30(27)37(32)19-20-42-33(28)29/h6,9-12,21,24-25H,3-5,7-8,13-20H2,1-2H3,(H,40,41). The molecule has 3 aromatic rings. The monoisotopic (exact) mass is 571 g/mol. The fourth-order valence-corrected chi connectivity index (χ4v) is 7.45. The van der Waals surface area contributed by atoms with Crippen LogP contribution in [0.2, 0.25) is 0 Å². The van der Waals surface area contributed by atoms with Crippen molar-refractivity contribution in [3.63, 3.8) is 0 Å². The number of benzene rings is 2. The Bertz CT molecular complexity index is 1510. The van der Waals surface area contributed by atoms with Crippen molar-refractivity contribution in [1.82, 2.24) is 9.47 Å². The molecule has 2 fully saturated rings. The van der Waals surface area contributed by atoms with Gasteiger partial charge in [0.1, 0.15) is 6.61 Å². The Hall–Kier alpha value is -3.81. The number of para-hydroxylation sites is 1. The highest BCUT2D eigenvalue weighted by Gasteiger charge is 2.32. The van der Waals surface area contributed by atoms with Gasteiger partial charge in [0, 0.05) is 49.9 Å². The topological polar surface area (TPSA) is 92.1 Å². The van der Waals surface area contributed by atoms with Crippen molar-refractivity contribution in [3.05, 3.63) is 47.5 Å². The molecule has 8 nitrogen and oxygen atoms in total. The maximum Gasteiger partial charge on any atom is 0.335 e. The summed E-state index contributed by atoms with van der Waals surface area (Å²) in [4.78, 5) is 40.5. The molecule has 222 valence electrons. The molecule has 0 bridgehead atoms. The number of carbonyl (C=O) groups excluding carboxylic acids is 2. The molecule has 3 heterocycles. The third-order valence-corrected chi connectivity index (χ3v) is 9.67. The van der Waals surface area contributed by atoms with E-state index >= 15 is 0 Å². The van der Waals surface area contributed by atoms with E-state index in [-0.39, 0.29) is 17.4 Å². The quantitative estimate of drug-likeness (QED) is 0.367. The molecule has 1 saturated heterocycles. The summed E-state index contributed by atoms with van der Waals surface area (Å²) in [6, 6.07) is 11.6. The number of aromatic carboxylic acids is 1. The predicted molar refractivity (Wildman–Crippen MR) is 163 cm³/mol. The Labute approximate surface area is 247 Å². The van der Waals surface area contributed by atoms with Gasteiger partial charge in [0.05, 0.1) is 23.5 Å². The highest BCUT2D eigenvalue weighted by Crippen LogP contribution is 2.49. The van der Waals surface area contributed by atoms with Crippen LogP contribution in [-0.2, 0) is 16.1 Å². The van der Waals surface area contributed by atoms with Gasteiger partial charge in [0.2, 0.25) is 11.8 Å². The number of amides is 2. The summed E-state index contributed by atoms with van der Waals surface area (Å²) in [7, 11) is 0. The summed E-state index contributed by atoms with van der Waals surface area (Å²) in [6.45, 7) is 6.43. The number of hydrogen-bond donors (Lipinski definition) is 1. The van der Waals surface area contributed by atoms with Crippen molar-refractivity contribution in [2.45, 2.75) is 77.7 Å². The summed E-state index contributed by atoms with van der Waals surface area (Å²) in [6.07, 6.45) is 8.65. The van der Waals surface area contributed by atoms with Crippen molar-refractivity contribution in [1.29, 1.82) is 0 Å². The van der Waals surface area contributed by atoms with Crippen LogP contribution in [0.4, 0.5) is 5.69 Å². The largest absolute Gasteiger partial charge is 0.489 e. The Morgan fingerprint density at radius 3 is 2.43 bits per heavy atom. The van der Waals surface area contributed by atoms with Crippen LogP contribution in [0, 0.1) is 5.92 Å². The number of piperidine rings is 1. The van der Waals surface area contributed by atoms with Crippen LogP contribution in [-0.4, -0.2) is 58.6 Å². The first-order chi connectivity index (χ1) is 20.3. The van der Waals surface area contributed by atoms with E-state index in [0.29, 0.717) is 31.5 Å². The van der Waals surface area contributed by atoms with E-state index in [1.54, 1.807) is 19.9 Å². The minimum absolute atomic E-state index is 0.0171. The average molecular weight is 572 g/mol. The zero-order valence-corrected chi connectivity index (χ0v) is 24.7. The molecule has 1 saturated carbocycles. The van der Waals surface area contributed by atoms with E-state index < -0.39 is 5.97 Å². The van der Waals surface area contributed by atoms with Crippen LogP contribution in [0.5, 0.6) is 5.75 Å². The van der Waals surface area contributed by atoms with Crippen LogP contribution in [0.3, 0.4) is 0 Å². The van der Waals surface area contributed by atoms with E-state index in [9.17, 15) is 19.5 Å². The van der Waals surface area contributed by atoms with Crippen molar-refractivity contribution < 1.29 is 24.2 Å². The van der Waals surface area contributed by atoms with E-state index in [2.05, 4.69) is 10.6 Å². The summed E-state index contributed by atoms with van der Waals surface area (Å²) in [5, 5.41) is 10.9. The average Bonchev–Trinajstić information content (AvgIpc) is 3.18. The molecule has 1 N–H and O–H groups in total. The number of rotatable bonds is 6. The molecular weight excluding hydrogens is 530 g/mol. The molecule has 2 amide bonds. The second-order valence-electron chi connectivity index (χ2n) is 12.2. The molecule has 1 aliphatic carbocycles. The molecule has 2 aromatic carbocycles. The molecule has 2 aliphatic heterocycles. The molecule has 3 aliphatic rings. The molecule has 6 rings (SSSR count). The molecule has 8 heteroatoms. The zero-order valence-electron chi connectivity index (χ0n) is 24.7. The summed E-state index contributed by atoms with van der Waals surface area (Å²) in [5.41, 5.74) is 5.38. The normalized spacial score (nSPS) is 17.7. The van der Waals surface area contributed by atoms with Gasteiger partial charge in [-0.1, -0.05) is 31.4 Å². The molecule has 0 radical (unpaired) electrons. The van der Waals surface area contributed by atoms with Gasteiger partial charge in [-0.15, -0.1) is 0 Å². The number of anilines is 1. The Kier molecular flexibility index (Phi) is 7.97. The van der Waals surface area contributed by atoms with E-state index in [1.807, 2.05) is 34.1 Å². The lowest BCUT2D eigenvalue weighted by Gasteiger charge is -2.33.